The Balaban J connectivity index is 1.29. The fraction of sp³-hybridized carbons (Fsp3) is 0.391. The van der Waals surface area contributed by atoms with Gasteiger partial charge in [0.25, 0.3) is 5.89 Å². The number of sulfonamides is 1. The molecule has 1 fully saturated rings. The molecule has 4 rings (SSSR count). The van der Waals surface area contributed by atoms with Gasteiger partial charge in [-0.25, -0.2) is 8.42 Å². The Hall–Kier alpha value is -3.11. The summed E-state index contributed by atoms with van der Waals surface area (Å²) in [5, 5.41) is 3.87. The molecule has 0 unspecified atom stereocenters. The molecule has 2 aromatic heterocycles. The SMILES string of the molecule is CC(C)c1ccc(S(=O)(=O)N2CCC(C(=O)OCc3nc(-c4cccnc4)no3)CC2)cc1. The predicted octanol–water partition coefficient (Wildman–Crippen LogP) is 3.40. The Morgan fingerprint density at radius 1 is 1.18 bits per heavy atom. The fourth-order valence-corrected chi connectivity index (χ4v) is 5.15. The molecule has 1 aliphatic heterocycles. The molecule has 0 spiro atoms. The molecule has 0 bridgehead atoms. The van der Waals surface area contributed by atoms with E-state index in [4.69, 9.17) is 9.26 Å². The Morgan fingerprint density at radius 2 is 1.91 bits per heavy atom. The van der Waals surface area contributed by atoms with Crippen molar-refractivity contribution in [1.82, 2.24) is 19.4 Å². The van der Waals surface area contributed by atoms with Crippen LogP contribution >= 0.6 is 0 Å². The molecule has 3 heterocycles. The summed E-state index contributed by atoms with van der Waals surface area (Å²) in [6.07, 6.45) is 4.05. The molecule has 0 atom stereocenters. The van der Waals surface area contributed by atoms with Crippen molar-refractivity contribution in [2.45, 2.75) is 44.1 Å². The van der Waals surface area contributed by atoms with Gasteiger partial charge in [-0.2, -0.15) is 9.29 Å². The minimum Gasteiger partial charge on any atom is -0.455 e. The van der Waals surface area contributed by atoms with Crippen molar-refractivity contribution in [2.24, 2.45) is 5.92 Å². The van der Waals surface area contributed by atoms with Crippen LogP contribution in [0.1, 0.15) is 44.1 Å². The van der Waals surface area contributed by atoms with E-state index in [2.05, 4.69) is 29.0 Å². The second-order valence-electron chi connectivity index (χ2n) is 8.26. The number of esters is 1. The molecular weight excluding hydrogens is 444 g/mol. The second kappa shape index (κ2) is 9.80. The van der Waals surface area contributed by atoms with Gasteiger partial charge in [0, 0.05) is 31.0 Å². The van der Waals surface area contributed by atoms with Crippen LogP contribution in [0.25, 0.3) is 11.4 Å². The molecular formula is C23H26N4O5S. The van der Waals surface area contributed by atoms with E-state index in [9.17, 15) is 13.2 Å². The lowest BCUT2D eigenvalue weighted by Crippen LogP contribution is -2.40. The number of rotatable bonds is 7. The summed E-state index contributed by atoms with van der Waals surface area (Å²) in [6, 6.07) is 10.6. The van der Waals surface area contributed by atoms with Crippen LogP contribution in [0.3, 0.4) is 0 Å². The zero-order chi connectivity index (χ0) is 23.4. The summed E-state index contributed by atoms with van der Waals surface area (Å²) >= 11 is 0. The molecule has 0 N–H and O–H groups in total. The number of benzene rings is 1. The molecule has 9 nitrogen and oxygen atoms in total. The zero-order valence-corrected chi connectivity index (χ0v) is 19.4. The first kappa shape index (κ1) is 23.1. The minimum absolute atomic E-state index is 0.132. The Morgan fingerprint density at radius 3 is 2.55 bits per heavy atom. The van der Waals surface area contributed by atoms with Crippen molar-refractivity contribution in [3.05, 3.63) is 60.2 Å². The highest BCUT2D eigenvalue weighted by Crippen LogP contribution is 2.26. The van der Waals surface area contributed by atoms with Gasteiger partial charge in [-0.1, -0.05) is 31.1 Å². The standard InChI is InChI=1S/C23H26N4O5S/c1-16(2)17-5-7-20(8-6-17)33(29,30)27-12-9-18(10-13-27)23(28)31-15-21-25-22(26-32-21)19-4-3-11-24-14-19/h3-8,11,14,16,18H,9-10,12-13,15H2,1-2H3. The summed E-state index contributed by atoms with van der Waals surface area (Å²) < 4.78 is 37.8. The lowest BCUT2D eigenvalue weighted by Gasteiger charge is -2.30. The van der Waals surface area contributed by atoms with Crippen LogP contribution in [0.4, 0.5) is 0 Å². The predicted molar refractivity (Wildman–Crippen MR) is 119 cm³/mol. The highest BCUT2D eigenvalue weighted by atomic mass is 32.2. The first-order valence-electron chi connectivity index (χ1n) is 10.8. The van der Waals surface area contributed by atoms with E-state index >= 15 is 0 Å². The number of pyridine rings is 1. The molecule has 1 aromatic carbocycles. The minimum atomic E-state index is -3.59. The summed E-state index contributed by atoms with van der Waals surface area (Å²) in [6.45, 7) is 4.52. The molecule has 0 saturated carbocycles. The van der Waals surface area contributed by atoms with E-state index in [-0.39, 0.29) is 36.4 Å². The highest BCUT2D eigenvalue weighted by molar-refractivity contribution is 7.89. The third-order valence-corrected chi connectivity index (χ3v) is 7.61. The summed E-state index contributed by atoms with van der Waals surface area (Å²) in [5.41, 5.74) is 1.79. The molecule has 174 valence electrons. The number of ether oxygens (including phenoxy) is 1. The van der Waals surface area contributed by atoms with Gasteiger partial charge in [0.1, 0.15) is 0 Å². The molecule has 3 aromatic rings. The maximum Gasteiger partial charge on any atom is 0.309 e. The van der Waals surface area contributed by atoms with E-state index < -0.39 is 16.0 Å². The van der Waals surface area contributed by atoms with Gasteiger partial charge in [-0.15, -0.1) is 0 Å². The van der Waals surface area contributed by atoms with Crippen LogP contribution in [0, 0.1) is 5.92 Å². The van der Waals surface area contributed by atoms with Gasteiger partial charge in [0.05, 0.1) is 10.8 Å². The van der Waals surface area contributed by atoms with E-state index in [1.54, 1.807) is 36.7 Å². The second-order valence-corrected chi connectivity index (χ2v) is 10.2. The smallest absolute Gasteiger partial charge is 0.309 e. The first-order valence-corrected chi connectivity index (χ1v) is 12.3. The lowest BCUT2D eigenvalue weighted by atomic mass is 9.98. The Labute approximate surface area is 192 Å². The van der Waals surface area contributed by atoms with Gasteiger partial charge in [-0.05, 0) is 48.6 Å². The van der Waals surface area contributed by atoms with Crippen LogP contribution in [-0.4, -0.2) is 46.9 Å². The van der Waals surface area contributed by atoms with Crippen LogP contribution in [-0.2, 0) is 26.2 Å². The van der Waals surface area contributed by atoms with Crippen LogP contribution < -0.4 is 0 Å². The average molecular weight is 471 g/mol. The topological polar surface area (TPSA) is 115 Å². The van der Waals surface area contributed by atoms with Crippen LogP contribution in [0.15, 0.2) is 58.2 Å². The van der Waals surface area contributed by atoms with E-state index in [1.807, 2.05) is 12.1 Å². The monoisotopic (exact) mass is 470 g/mol. The average Bonchev–Trinajstić information content (AvgIpc) is 3.32. The summed E-state index contributed by atoms with van der Waals surface area (Å²) in [5.74, 6) is 0.119. The van der Waals surface area contributed by atoms with Crippen molar-refractivity contribution in [3.63, 3.8) is 0 Å². The molecule has 0 aliphatic carbocycles. The van der Waals surface area contributed by atoms with Gasteiger partial charge in [0.2, 0.25) is 15.8 Å². The van der Waals surface area contributed by atoms with E-state index in [1.165, 1.54) is 4.31 Å². The van der Waals surface area contributed by atoms with Crippen LogP contribution in [0.5, 0.6) is 0 Å². The van der Waals surface area contributed by atoms with E-state index in [0.29, 0.717) is 30.1 Å². The normalized spacial score (nSPS) is 15.6. The number of aromatic nitrogens is 3. The molecule has 33 heavy (non-hydrogen) atoms. The van der Waals surface area contributed by atoms with Gasteiger partial charge in [0.15, 0.2) is 6.61 Å². The molecule has 1 aliphatic rings. The largest absolute Gasteiger partial charge is 0.455 e. The zero-order valence-electron chi connectivity index (χ0n) is 18.5. The number of piperidine rings is 1. The quantitative estimate of drug-likeness (QED) is 0.483. The van der Waals surface area contributed by atoms with Gasteiger partial charge < -0.3 is 9.26 Å². The van der Waals surface area contributed by atoms with Crippen molar-refractivity contribution in [3.8, 4) is 11.4 Å². The van der Waals surface area contributed by atoms with Gasteiger partial charge in [-0.3, -0.25) is 9.78 Å². The number of carbonyl (C=O) groups is 1. The fourth-order valence-electron chi connectivity index (χ4n) is 3.68. The number of hydrogen-bond acceptors (Lipinski definition) is 8. The number of carbonyl (C=O) groups excluding carboxylic acids is 1. The lowest BCUT2D eigenvalue weighted by molar-refractivity contribution is -0.152. The van der Waals surface area contributed by atoms with E-state index in [0.717, 1.165) is 5.56 Å². The maximum absolute atomic E-state index is 13.0. The van der Waals surface area contributed by atoms with Crippen molar-refractivity contribution in [2.75, 3.05) is 13.1 Å². The molecule has 0 amide bonds. The van der Waals surface area contributed by atoms with Crippen molar-refractivity contribution in [1.29, 1.82) is 0 Å². The number of nitrogens with zero attached hydrogens (tertiary/aromatic N) is 4. The third kappa shape index (κ3) is 5.28. The van der Waals surface area contributed by atoms with Crippen molar-refractivity contribution >= 4 is 16.0 Å². The molecule has 0 radical (unpaired) electrons. The summed E-state index contributed by atoms with van der Waals surface area (Å²) in [4.78, 5) is 21.0. The summed E-state index contributed by atoms with van der Waals surface area (Å²) in [7, 11) is -3.59. The van der Waals surface area contributed by atoms with Crippen molar-refractivity contribution < 1.29 is 22.5 Å². The third-order valence-electron chi connectivity index (χ3n) is 5.70. The molecule has 10 heteroatoms. The molecule has 1 saturated heterocycles. The first-order chi connectivity index (χ1) is 15.8. The van der Waals surface area contributed by atoms with Gasteiger partial charge >= 0.3 is 5.97 Å². The number of hydrogen-bond donors (Lipinski definition) is 0. The van der Waals surface area contributed by atoms with Crippen LogP contribution in [0.2, 0.25) is 0 Å². The highest BCUT2D eigenvalue weighted by Gasteiger charge is 2.33. The maximum atomic E-state index is 13.0. The Bertz CT molecular complexity index is 1190. The Kier molecular flexibility index (Phi) is 6.85.